The molecule has 0 bridgehead atoms. The molecule has 2 aromatic carbocycles. The summed E-state index contributed by atoms with van der Waals surface area (Å²) in [6.07, 6.45) is 0. The van der Waals surface area contributed by atoms with Gasteiger partial charge in [0.2, 0.25) is 0 Å². The number of halogens is 2. The number of hydrogen-bond donors (Lipinski definition) is 0. The maximum Gasteiger partial charge on any atom is 4.00 e. The van der Waals surface area contributed by atoms with Crippen molar-refractivity contribution in [3.63, 3.8) is 0 Å². The van der Waals surface area contributed by atoms with Crippen LogP contribution >= 0.6 is 0 Å². The summed E-state index contributed by atoms with van der Waals surface area (Å²) in [6, 6.07) is 20.0. The molecule has 98 valence electrons. The predicted octanol–water partition coefficient (Wildman–Crippen LogP) is -1.60. The Kier molecular flexibility index (Phi) is 13.7. The Morgan fingerprint density at radius 1 is 0.579 bits per heavy atom. The zero-order valence-corrected chi connectivity index (χ0v) is 15.4. The van der Waals surface area contributed by atoms with Crippen molar-refractivity contribution in [3.05, 3.63) is 71.3 Å². The summed E-state index contributed by atoms with van der Waals surface area (Å²) in [7, 11) is 0. The van der Waals surface area contributed by atoms with E-state index in [1.54, 1.807) is 0 Å². The Morgan fingerprint density at radius 3 is 1.21 bits per heavy atom. The Balaban J connectivity index is 0. The van der Waals surface area contributed by atoms with Crippen LogP contribution in [0.5, 0.6) is 0 Å². The van der Waals surface area contributed by atoms with Crippen LogP contribution in [0.2, 0.25) is 0 Å². The average molecular weight is 460 g/mol. The Hall–Kier alpha value is -0.510. The first-order valence-corrected chi connectivity index (χ1v) is 5.40. The molecular weight excluding hydrogens is 446 g/mol. The van der Waals surface area contributed by atoms with Gasteiger partial charge in [-0.15, -0.1) is 24.5 Å². The van der Waals surface area contributed by atoms with Crippen LogP contribution in [0.25, 0.3) is 10.6 Å². The van der Waals surface area contributed by atoms with Gasteiger partial charge in [0.1, 0.15) is 0 Å². The van der Waals surface area contributed by atoms with Crippen LogP contribution in [-0.2, 0) is 25.8 Å². The van der Waals surface area contributed by atoms with E-state index in [-0.39, 0.29) is 50.7 Å². The Morgan fingerprint density at radius 2 is 0.895 bits per heavy atom. The second-order valence-electron chi connectivity index (χ2n) is 3.43. The van der Waals surface area contributed by atoms with E-state index in [0.717, 1.165) is 24.5 Å². The molecule has 0 aliphatic rings. The molecule has 0 aliphatic heterocycles. The fourth-order valence-corrected chi connectivity index (χ4v) is 1.43. The zero-order chi connectivity index (χ0) is 11.1. The molecule has 0 amide bonds. The summed E-state index contributed by atoms with van der Waals surface area (Å²) < 4.78 is 0. The molecule has 5 heteroatoms. The molecule has 0 saturated heterocycles. The SMILES string of the molecule is [Cl-].[Cl-].[Hf+4].c1ccc([N-]CC[N-]c2ccccc2)cc1. The van der Waals surface area contributed by atoms with Gasteiger partial charge in [-0.05, 0) is 0 Å². The summed E-state index contributed by atoms with van der Waals surface area (Å²) in [5.41, 5.74) is 2.04. The Bertz CT molecular complexity index is 371. The van der Waals surface area contributed by atoms with Crippen LogP contribution in [0.15, 0.2) is 60.7 Å². The number of rotatable bonds is 5. The van der Waals surface area contributed by atoms with Crippen LogP contribution in [0.3, 0.4) is 0 Å². The molecule has 0 fully saturated rings. The average Bonchev–Trinajstić information content (AvgIpc) is 2.37. The van der Waals surface area contributed by atoms with Gasteiger partial charge in [-0.2, -0.15) is 0 Å². The van der Waals surface area contributed by atoms with Gasteiger partial charge >= 0.3 is 25.8 Å². The zero-order valence-electron chi connectivity index (χ0n) is 10.3. The molecule has 19 heavy (non-hydrogen) atoms. The van der Waals surface area contributed by atoms with E-state index in [1.165, 1.54) is 0 Å². The molecule has 0 aliphatic carbocycles. The normalized spacial score (nSPS) is 8.21. The maximum atomic E-state index is 4.43. The summed E-state index contributed by atoms with van der Waals surface area (Å²) >= 11 is 0. The van der Waals surface area contributed by atoms with Crippen LogP contribution in [0.1, 0.15) is 0 Å². The maximum absolute atomic E-state index is 4.43. The molecule has 0 unspecified atom stereocenters. The van der Waals surface area contributed by atoms with Crippen molar-refractivity contribution in [2.24, 2.45) is 0 Å². The minimum atomic E-state index is 0. The second kappa shape index (κ2) is 12.5. The van der Waals surface area contributed by atoms with Gasteiger partial charge < -0.3 is 35.4 Å². The molecule has 0 spiro atoms. The van der Waals surface area contributed by atoms with Crippen molar-refractivity contribution in [2.45, 2.75) is 0 Å². The first-order valence-electron chi connectivity index (χ1n) is 5.40. The largest absolute Gasteiger partial charge is 4.00 e. The first kappa shape index (κ1) is 20.8. The van der Waals surface area contributed by atoms with Crippen molar-refractivity contribution in [1.82, 2.24) is 0 Å². The molecule has 0 N–H and O–H groups in total. The quantitative estimate of drug-likeness (QED) is 0.381. The van der Waals surface area contributed by atoms with Crippen LogP contribution < -0.4 is 24.8 Å². The molecule has 2 rings (SSSR count). The van der Waals surface area contributed by atoms with Gasteiger partial charge in [0.25, 0.3) is 0 Å². The number of hydrogen-bond acceptors (Lipinski definition) is 0. The van der Waals surface area contributed by atoms with Crippen LogP contribution in [-0.4, -0.2) is 13.1 Å². The summed E-state index contributed by atoms with van der Waals surface area (Å²) in [6.45, 7) is 1.47. The van der Waals surface area contributed by atoms with Gasteiger partial charge in [-0.3, -0.25) is 0 Å². The first-order chi connectivity index (χ1) is 7.95. The van der Waals surface area contributed by atoms with E-state index in [1.807, 2.05) is 60.7 Å². The molecule has 0 aromatic heterocycles. The molecule has 0 atom stereocenters. The van der Waals surface area contributed by atoms with Gasteiger partial charge in [0.05, 0.1) is 0 Å². The van der Waals surface area contributed by atoms with E-state index in [0.29, 0.717) is 0 Å². The fraction of sp³-hybridized carbons (Fsp3) is 0.143. The van der Waals surface area contributed by atoms with E-state index >= 15 is 0 Å². The monoisotopic (exact) mass is 460 g/mol. The van der Waals surface area contributed by atoms with Crippen molar-refractivity contribution in [3.8, 4) is 0 Å². The number of nitrogens with zero attached hydrogens (tertiary/aromatic N) is 2. The Labute approximate surface area is 146 Å². The van der Waals surface area contributed by atoms with Gasteiger partial charge in [0, 0.05) is 0 Å². The van der Waals surface area contributed by atoms with E-state index in [2.05, 4.69) is 10.6 Å². The smallest absolute Gasteiger partial charge is 1.00 e. The summed E-state index contributed by atoms with van der Waals surface area (Å²) in [5, 5.41) is 8.86. The van der Waals surface area contributed by atoms with E-state index in [9.17, 15) is 0 Å². The van der Waals surface area contributed by atoms with Crippen molar-refractivity contribution in [2.75, 3.05) is 13.1 Å². The van der Waals surface area contributed by atoms with Crippen molar-refractivity contribution < 1.29 is 50.7 Å². The third-order valence-electron chi connectivity index (χ3n) is 2.20. The summed E-state index contributed by atoms with van der Waals surface area (Å²) in [5.74, 6) is 0. The molecule has 2 aromatic rings. The molecule has 0 saturated carbocycles. The van der Waals surface area contributed by atoms with Crippen molar-refractivity contribution >= 4 is 11.4 Å². The third kappa shape index (κ3) is 8.30. The molecular formula is C14H14Cl2HfN2. The number of benzene rings is 2. The van der Waals surface area contributed by atoms with Crippen LogP contribution in [0, 0.1) is 0 Å². The van der Waals surface area contributed by atoms with Crippen molar-refractivity contribution in [1.29, 1.82) is 0 Å². The van der Waals surface area contributed by atoms with E-state index < -0.39 is 0 Å². The third-order valence-corrected chi connectivity index (χ3v) is 2.20. The molecule has 0 heterocycles. The minimum Gasteiger partial charge on any atom is -1.00 e. The molecule has 0 radical (unpaired) electrons. The van der Waals surface area contributed by atoms with Gasteiger partial charge in [-0.25, -0.2) is 0 Å². The minimum absolute atomic E-state index is 0. The van der Waals surface area contributed by atoms with Crippen LogP contribution in [0.4, 0.5) is 11.4 Å². The van der Waals surface area contributed by atoms with E-state index in [4.69, 9.17) is 0 Å². The standard InChI is InChI=1S/C14H14N2.2ClH.Hf/c1-3-7-13(8-4-1)15-11-12-16-14-9-5-2-6-10-14;;;/h1-10H,11-12H2;2*1H;/q-2;;;+4/p-2. The summed E-state index contributed by atoms with van der Waals surface area (Å²) in [4.78, 5) is 0. The van der Waals surface area contributed by atoms with Gasteiger partial charge in [-0.1, -0.05) is 60.7 Å². The fourth-order valence-electron chi connectivity index (χ4n) is 1.43. The predicted molar refractivity (Wildman–Crippen MR) is 68.7 cm³/mol. The topological polar surface area (TPSA) is 28.2 Å². The second-order valence-corrected chi connectivity index (χ2v) is 3.43. The number of para-hydroxylation sites is 2. The van der Waals surface area contributed by atoms with Gasteiger partial charge in [0.15, 0.2) is 0 Å². The molecule has 2 nitrogen and oxygen atoms in total.